The molecule has 4 aromatic rings. The van der Waals surface area contributed by atoms with Gasteiger partial charge in [-0.05, 0) is 65.4 Å². The van der Waals surface area contributed by atoms with Crippen LogP contribution in [0.1, 0.15) is 54.1 Å². The van der Waals surface area contributed by atoms with Crippen molar-refractivity contribution in [3.05, 3.63) is 119 Å². The Morgan fingerprint density at radius 1 is 0.721 bits per heavy atom. The lowest BCUT2D eigenvalue weighted by Crippen LogP contribution is -2.09. The highest BCUT2D eigenvalue weighted by Crippen LogP contribution is 2.33. The van der Waals surface area contributed by atoms with Gasteiger partial charge in [0.1, 0.15) is 29.0 Å². The van der Waals surface area contributed by atoms with Crippen LogP contribution in [-0.2, 0) is 6.42 Å². The van der Waals surface area contributed by atoms with Crippen LogP contribution in [0.25, 0.3) is 28.3 Å². The topological polar surface area (TPSA) is 26.3 Å². The smallest absolute Gasteiger partial charge is 0.409 e. The Kier molecular flexibility index (Phi) is 10.1. The fourth-order valence-corrected chi connectivity index (χ4v) is 4.53. The Bertz CT molecular complexity index is 1560. The number of aryl methyl sites for hydroxylation is 1. The summed E-state index contributed by atoms with van der Waals surface area (Å²) in [5.41, 5.74) is 0.716. The predicted molar refractivity (Wildman–Crippen MR) is 151 cm³/mol. The summed E-state index contributed by atoms with van der Waals surface area (Å²) in [7, 11) is 0. The molecule has 0 aliphatic rings. The van der Waals surface area contributed by atoms with Crippen molar-refractivity contribution in [3.63, 3.8) is 0 Å². The molecule has 0 atom stereocenters. The SMILES string of the molecule is CCCCCCc1ccc(-c2ccc(C(=O)Oc3cc(F)c(-c4cc(F)c(/C=C/C(F)(F)F)c(F)c4)c(F)c3)cc2)cc1. The molecule has 4 aromatic carbocycles. The third-order valence-electron chi connectivity index (χ3n) is 6.76. The average Bonchev–Trinajstić information content (AvgIpc) is 2.94. The van der Waals surface area contributed by atoms with Crippen LogP contribution < -0.4 is 4.74 Å². The van der Waals surface area contributed by atoms with E-state index in [1.807, 2.05) is 12.1 Å². The zero-order valence-corrected chi connectivity index (χ0v) is 23.1. The minimum atomic E-state index is -4.81. The van der Waals surface area contributed by atoms with Crippen LogP contribution >= 0.6 is 0 Å². The lowest BCUT2D eigenvalue weighted by molar-refractivity contribution is -0.0790. The molecule has 2 nitrogen and oxygen atoms in total. The van der Waals surface area contributed by atoms with E-state index in [0.717, 1.165) is 24.0 Å². The summed E-state index contributed by atoms with van der Waals surface area (Å²) in [5.74, 6) is -6.89. The number of allylic oxidation sites excluding steroid dienone is 1. The van der Waals surface area contributed by atoms with Crippen LogP contribution in [0.2, 0.25) is 0 Å². The Morgan fingerprint density at radius 3 is 1.81 bits per heavy atom. The van der Waals surface area contributed by atoms with Crippen molar-refractivity contribution in [1.29, 1.82) is 0 Å². The number of carbonyl (C=O) groups is 1. The monoisotopic (exact) mass is 600 g/mol. The highest BCUT2D eigenvalue weighted by atomic mass is 19.4. The molecule has 0 spiro atoms. The molecule has 0 radical (unpaired) electrons. The van der Waals surface area contributed by atoms with E-state index in [4.69, 9.17) is 4.74 Å². The third kappa shape index (κ3) is 8.34. The van der Waals surface area contributed by atoms with Gasteiger partial charge in [0.2, 0.25) is 0 Å². The molecule has 0 amide bonds. The number of esters is 1. The lowest BCUT2D eigenvalue weighted by atomic mass is 10.00. The van der Waals surface area contributed by atoms with E-state index in [1.54, 1.807) is 12.1 Å². The summed E-state index contributed by atoms with van der Waals surface area (Å²) in [4.78, 5) is 12.6. The van der Waals surface area contributed by atoms with Crippen LogP contribution in [-0.4, -0.2) is 12.1 Å². The van der Waals surface area contributed by atoms with E-state index in [-0.39, 0.29) is 17.7 Å². The Morgan fingerprint density at radius 2 is 1.28 bits per heavy atom. The number of unbranched alkanes of at least 4 members (excludes halogenated alkanes) is 3. The van der Waals surface area contributed by atoms with Crippen molar-refractivity contribution in [2.45, 2.75) is 45.2 Å². The Labute approximate surface area is 244 Å². The van der Waals surface area contributed by atoms with E-state index in [1.165, 1.54) is 37.0 Å². The first-order valence-corrected chi connectivity index (χ1v) is 13.6. The molecule has 0 bridgehead atoms. The summed E-state index contributed by atoms with van der Waals surface area (Å²) >= 11 is 0. The quantitative estimate of drug-likeness (QED) is 0.0784. The maximum atomic E-state index is 14.9. The number of hydrogen-bond acceptors (Lipinski definition) is 2. The minimum absolute atomic E-state index is 0.118. The van der Waals surface area contributed by atoms with Gasteiger partial charge in [0.05, 0.1) is 11.1 Å². The van der Waals surface area contributed by atoms with Gasteiger partial charge in [0, 0.05) is 23.8 Å². The molecule has 0 saturated heterocycles. The van der Waals surface area contributed by atoms with Crippen LogP contribution in [0.4, 0.5) is 30.7 Å². The summed E-state index contributed by atoms with van der Waals surface area (Å²) in [6, 6.07) is 16.9. The molecule has 0 unspecified atom stereocenters. The minimum Gasteiger partial charge on any atom is -0.423 e. The van der Waals surface area contributed by atoms with Gasteiger partial charge in [-0.1, -0.05) is 62.6 Å². The number of alkyl halides is 3. The summed E-state index contributed by atoms with van der Waals surface area (Å²) < 4.78 is 101. The van der Waals surface area contributed by atoms with Crippen molar-refractivity contribution in [1.82, 2.24) is 0 Å². The molecule has 0 aromatic heterocycles. The van der Waals surface area contributed by atoms with Gasteiger partial charge in [-0.15, -0.1) is 0 Å². The molecule has 0 N–H and O–H groups in total. The highest BCUT2D eigenvalue weighted by molar-refractivity contribution is 5.91. The van der Waals surface area contributed by atoms with E-state index in [0.29, 0.717) is 24.3 Å². The first kappa shape index (κ1) is 31.5. The molecular formula is C34H27F7O2. The van der Waals surface area contributed by atoms with Crippen molar-refractivity contribution in [2.75, 3.05) is 0 Å². The van der Waals surface area contributed by atoms with Gasteiger partial charge in [-0.25, -0.2) is 22.4 Å². The summed E-state index contributed by atoms with van der Waals surface area (Å²) in [5, 5.41) is 0. The summed E-state index contributed by atoms with van der Waals surface area (Å²) in [6.45, 7) is 2.17. The lowest BCUT2D eigenvalue weighted by Gasteiger charge is -2.11. The van der Waals surface area contributed by atoms with E-state index >= 15 is 0 Å². The van der Waals surface area contributed by atoms with Crippen molar-refractivity contribution >= 4 is 12.0 Å². The van der Waals surface area contributed by atoms with Crippen LogP contribution in [0.15, 0.2) is 78.9 Å². The maximum absolute atomic E-state index is 14.9. The second kappa shape index (κ2) is 13.7. The number of benzene rings is 4. The fraction of sp³-hybridized carbons (Fsp3) is 0.206. The zero-order valence-electron chi connectivity index (χ0n) is 23.1. The van der Waals surface area contributed by atoms with Gasteiger partial charge in [-0.2, -0.15) is 13.2 Å². The van der Waals surface area contributed by atoms with Crippen molar-refractivity contribution in [3.8, 4) is 28.0 Å². The largest absolute Gasteiger partial charge is 0.423 e. The number of halogens is 7. The third-order valence-corrected chi connectivity index (χ3v) is 6.76. The maximum Gasteiger partial charge on any atom is 0.409 e. The van der Waals surface area contributed by atoms with Crippen molar-refractivity contribution < 1.29 is 40.3 Å². The zero-order chi connectivity index (χ0) is 31.1. The molecule has 43 heavy (non-hydrogen) atoms. The number of ether oxygens (including phenoxy) is 1. The molecule has 224 valence electrons. The van der Waals surface area contributed by atoms with Crippen LogP contribution in [0.3, 0.4) is 0 Å². The Balaban J connectivity index is 1.45. The number of carbonyl (C=O) groups excluding carboxylic acids is 1. The average molecular weight is 601 g/mol. The standard InChI is InChI=1S/C34H27F7O2/c1-2-3-4-5-6-21-7-9-22(10-8-21)23-11-13-24(14-12-23)33(42)43-26-19-30(37)32(31(38)20-26)25-17-28(35)27(29(36)18-25)15-16-34(39,40)41/h7-20H,2-6H2,1H3/b16-15+. The first-order valence-electron chi connectivity index (χ1n) is 13.6. The number of rotatable bonds is 10. The van der Waals surface area contributed by atoms with Gasteiger partial charge >= 0.3 is 12.1 Å². The molecule has 0 aliphatic heterocycles. The van der Waals surface area contributed by atoms with Gasteiger partial charge in [0.15, 0.2) is 0 Å². The normalized spacial score (nSPS) is 11.7. The second-order valence-corrected chi connectivity index (χ2v) is 9.96. The molecule has 0 heterocycles. The fourth-order valence-electron chi connectivity index (χ4n) is 4.53. The Hall–Kier alpha value is -4.40. The van der Waals surface area contributed by atoms with Crippen LogP contribution in [0.5, 0.6) is 5.75 Å². The molecule has 4 rings (SSSR count). The summed E-state index contributed by atoms with van der Waals surface area (Å²) in [6.07, 6.45) is 0.749. The van der Waals surface area contributed by atoms with Gasteiger partial charge < -0.3 is 4.74 Å². The van der Waals surface area contributed by atoms with Crippen LogP contribution in [0, 0.1) is 23.3 Å². The van der Waals surface area contributed by atoms with Gasteiger partial charge in [0.25, 0.3) is 0 Å². The van der Waals surface area contributed by atoms with Crippen molar-refractivity contribution in [2.24, 2.45) is 0 Å². The van der Waals surface area contributed by atoms with E-state index < -0.39 is 57.9 Å². The highest BCUT2D eigenvalue weighted by Gasteiger charge is 2.24. The molecule has 0 fully saturated rings. The molecule has 0 saturated carbocycles. The molecule has 0 aliphatic carbocycles. The second-order valence-electron chi connectivity index (χ2n) is 9.96. The predicted octanol–water partition coefficient (Wildman–Crippen LogP) is 10.5. The molecule has 9 heteroatoms. The number of hydrogen-bond donors (Lipinski definition) is 0. The van der Waals surface area contributed by atoms with Gasteiger partial charge in [-0.3, -0.25) is 0 Å². The molecular weight excluding hydrogens is 573 g/mol. The van der Waals surface area contributed by atoms with E-state index in [9.17, 15) is 35.5 Å². The van der Waals surface area contributed by atoms with E-state index in [2.05, 4.69) is 19.1 Å². The first-order chi connectivity index (χ1) is 20.4.